The van der Waals surface area contributed by atoms with Gasteiger partial charge < -0.3 is 14.5 Å². The van der Waals surface area contributed by atoms with Gasteiger partial charge in [0.1, 0.15) is 11.7 Å². The van der Waals surface area contributed by atoms with Gasteiger partial charge in [0.2, 0.25) is 5.91 Å². The molecule has 0 spiro atoms. The Labute approximate surface area is 148 Å². The third kappa shape index (κ3) is 5.18. The normalized spacial score (nSPS) is 17.8. The molecule has 0 bridgehead atoms. The van der Waals surface area contributed by atoms with Crippen LogP contribution in [0.4, 0.5) is 4.79 Å². The third-order valence-electron chi connectivity index (χ3n) is 3.88. The second-order valence-corrected chi connectivity index (χ2v) is 7.23. The number of aromatic nitrogens is 1. The summed E-state index contributed by atoms with van der Waals surface area (Å²) in [6, 6.07) is 3.60. The molecular weight excluding hydrogens is 320 g/mol. The molecule has 0 aliphatic carbocycles. The molecule has 2 heterocycles. The van der Waals surface area contributed by atoms with Gasteiger partial charge in [0.25, 0.3) is 0 Å². The highest BCUT2D eigenvalue weighted by Crippen LogP contribution is 2.16. The molecule has 1 saturated heterocycles. The minimum Gasteiger partial charge on any atom is -0.444 e. The molecule has 0 saturated carbocycles. The van der Waals surface area contributed by atoms with E-state index in [1.165, 1.54) is 6.20 Å². The van der Waals surface area contributed by atoms with Gasteiger partial charge in [-0.25, -0.2) is 4.79 Å². The van der Waals surface area contributed by atoms with Gasteiger partial charge in [-0.15, -0.1) is 0 Å². The Morgan fingerprint density at radius 3 is 2.68 bits per heavy atom. The topological polar surface area (TPSA) is 86.5 Å². The summed E-state index contributed by atoms with van der Waals surface area (Å²) in [5.41, 5.74) is 0.616. The molecule has 7 heteroatoms. The third-order valence-corrected chi connectivity index (χ3v) is 3.88. The molecule has 2 amide bonds. The molecular formula is C18H24N4O3. The van der Waals surface area contributed by atoms with Gasteiger partial charge in [-0.3, -0.25) is 9.78 Å². The fourth-order valence-electron chi connectivity index (χ4n) is 2.74. The van der Waals surface area contributed by atoms with Crippen molar-refractivity contribution in [1.29, 1.82) is 5.26 Å². The Hall–Kier alpha value is -2.62. The summed E-state index contributed by atoms with van der Waals surface area (Å²) < 4.78 is 5.39. The van der Waals surface area contributed by atoms with E-state index < -0.39 is 5.60 Å². The molecule has 1 aromatic heterocycles. The van der Waals surface area contributed by atoms with Crippen molar-refractivity contribution >= 4 is 12.0 Å². The van der Waals surface area contributed by atoms with Gasteiger partial charge >= 0.3 is 6.09 Å². The van der Waals surface area contributed by atoms with Crippen molar-refractivity contribution in [3.05, 3.63) is 29.6 Å². The van der Waals surface area contributed by atoms with Crippen LogP contribution >= 0.6 is 0 Å². The summed E-state index contributed by atoms with van der Waals surface area (Å²) in [6.07, 6.45) is 2.91. The zero-order chi connectivity index (χ0) is 18.6. The van der Waals surface area contributed by atoms with Gasteiger partial charge in [0.15, 0.2) is 0 Å². The fourth-order valence-corrected chi connectivity index (χ4v) is 2.74. The van der Waals surface area contributed by atoms with Crippen LogP contribution in [0.3, 0.4) is 0 Å². The monoisotopic (exact) mass is 344 g/mol. The van der Waals surface area contributed by atoms with Crippen LogP contribution in [-0.2, 0) is 16.0 Å². The number of hydrogen-bond donors (Lipinski definition) is 0. The van der Waals surface area contributed by atoms with Gasteiger partial charge in [-0.1, -0.05) is 0 Å². The van der Waals surface area contributed by atoms with Gasteiger partial charge in [-0.05, 0) is 39.3 Å². The molecule has 0 aromatic carbocycles. The van der Waals surface area contributed by atoms with E-state index in [1.807, 2.05) is 33.8 Å². The Kier molecular flexibility index (Phi) is 5.62. The van der Waals surface area contributed by atoms with Crippen molar-refractivity contribution in [3.63, 3.8) is 0 Å². The van der Waals surface area contributed by atoms with E-state index >= 15 is 0 Å². The average molecular weight is 344 g/mol. The number of nitriles is 1. The van der Waals surface area contributed by atoms with Crippen LogP contribution in [0.15, 0.2) is 18.5 Å². The first kappa shape index (κ1) is 18.7. The smallest absolute Gasteiger partial charge is 0.410 e. The zero-order valence-electron chi connectivity index (χ0n) is 15.2. The van der Waals surface area contributed by atoms with Crippen molar-refractivity contribution in [2.75, 3.05) is 19.6 Å². The largest absolute Gasteiger partial charge is 0.444 e. The van der Waals surface area contributed by atoms with Crippen LogP contribution in [0, 0.1) is 11.3 Å². The highest BCUT2D eigenvalue weighted by molar-refractivity contribution is 5.79. The van der Waals surface area contributed by atoms with Crippen LogP contribution in [-0.4, -0.2) is 58.1 Å². The Morgan fingerprint density at radius 1 is 1.36 bits per heavy atom. The predicted octanol–water partition coefficient (Wildman–Crippen LogP) is 1.96. The highest BCUT2D eigenvalue weighted by Gasteiger charge is 2.31. The first-order valence-corrected chi connectivity index (χ1v) is 8.31. The van der Waals surface area contributed by atoms with Crippen LogP contribution in [0.25, 0.3) is 0 Å². The summed E-state index contributed by atoms with van der Waals surface area (Å²) in [4.78, 5) is 32.1. The minimum atomic E-state index is -0.536. The van der Waals surface area contributed by atoms with Crippen LogP contribution in [0.5, 0.6) is 0 Å². The minimum absolute atomic E-state index is 0.0340. The SMILES string of the molecule is C[C@@H]1CN(C(=O)OC(C)(C)C)CCN1C(=O)Cc1cncc(C#N)c1. The quantitative estimate of drug-likeness (QED) is 0.818. The number of rotatable bonds is 2. The Balaban J connectivity index is 1.95. The van der Waals surface area contributed by atoms with Gasteiger partial charge in [-0.2, -0.15) is 5.26 Å². The Morgan fingerprint density at radius 2 is 2.08 bits per heavy atom. The summed E-state index contributed by atoms with van der Waals surface area (Å²) in [7, 11) is 0. The van der Waals surface area contributed by atoms with Crippen LogP contribution in [0.2, 0.25) is 0 Å². The maximum Gasteiger partial charge on any atom is 0.410 e. The van der Waals surface area contributed by atoms with Crippen molar-refractivity contribution in [2.45, 2.75) is 45.8 Å². The number of hydrogen-bond acceptors (Lipinski definition) is 5. The van der Waals surface area contributed by atoms with Crippen LogP contribution in [0.1, 0.15) is 38.8 Å². The van der Waals surface area contributed by atoms with E-state index in [-0.39, 0.29) is 24.5 Å². The van der Waals surface area contributed by atoms with Crippen molar-refractivity contribution in [3.8, 4) is 6.07 Å². The maximum atomic E-state index is 12.6. The number of ether oxygens (including phenoxy) is 1. The summed E-state index contributed by atoms with van der Waals surface area (Å²) in [5.74, 6) is -0.0340. The second-order valence-electron chi connectivity index (χ2n) is 7.23. The lowest BCUT2D eigenvalue weighted by atomic mass is 10.1. The van der Waals surface area contributed by atoms with E-state index in [0.29, 0.717) is 30.8 Å². The maximum absolute atomic E-state index is 12.6. The number of carbonyl (C=O) groups excluding carboxylic acids is 2. The number of amides is 2. The molecule has 0 radical (unpaired) electrons. The van der Waals surface area contributed by atoms with Gasteiger partial charge in [0.05, 0.1) is 12.0 Å². The molecule has 134 valence electrons. The summed E-state index contributed by atoms with van der Waals surface area (Å²) in [6.45, 7) is 8.76. The standard InChI is InChI=1S/C18H24N4O3/c1-13-12-21(17(24)25-18(2,3)4)5-6-22(13)16(23)8-14-7-15(9-19)11-20-10-14/h7,10-11,13H,5-6,8,12H2,1-4H3/t13-/m1/s1. The second kappa shape index (κ2) is 7.51. The zero-order valence-corrected chi connectivity index (χ0v) is 15.2. The number of pyridine rings is 1. The molecule has 7 nitrogen and oxygen atoms in total. The Bertz CT molecular complexity index is 690. The number of carbonyl (C=O) groups is 2. The molecule has 0 unspecified atom stereocenters. The van der Waals surface area contributed by atoms with E-state index in [9.17, 15) is 9.59 Å². The van der Waals surface area contributed by atoms with E-state index in [4.69, 9.17) is 10.00 Å². The lowest BCUT2D eigenvalue weighted by Crippen LogP contribution is -2.56. The van der Waals surface area contributed by atoms with E-state index in [2.05, 4.69) is 4.98 Å². The number of piperazine rings is 1. The number of nitrogens with zero attached hydrogens (tertiary/aromatic N) is 4. The molecule has 2 rings (SSSR count). The van der Waals surface area contributed by atoms with Crippen molar-refractivity contribution in [1.82, 2.24) is 14.8 Å². The first-order valence-electron chi connectivity index (χ1n) is 8.31. The average Bonchev–Trinajstić information content (AvgIpc) is 2.53. The van der Waals surface area contributed by atoms with Crippen molar-refractivity contribution < 1.29 is 14.3 Å². The lowest BCUT2D eigenvalue weighted by molar-refractivity contribution is -0.134. The van der Waals surface area contributed by atoms with Gasteiger partial charge in [0, 0.05) is 38.1 Å². The molecule has 1 atom stereocenters. The molecule has 1 aromatic rings. The van der Waals surface area contributed by atoms with Crippen molar-refractivity contribution in [2.24, 2.45) is 0 Å². The fraction of sp³-hybridized carbons (Fsp3) is 0.556. The predicted molar refractivity (Wildman–Crippen MR) is 91.6 cm³/mol. The molecule has 1 fully saturated rings. The first-order chi connectivity index (χ1) is 11.7. The summed E-state index contributed by atoms with van der Waals surface area (Å²) in [5, 5.41) is 8.91. The lowest BCUT2D eigenvalue weighted by Gasteiger charge is -2.40. The highest BCUT2D eigenvalue weighted by atomic mass is 16.6. The molecule has 1 aliphatic rings. The molecule has 1 aliphatic heterocycles. The summed E-state index contributed by atoms with van der Waals surface area (Å²) >= 11 is 0. The van der Waals surface area contributed by atoms with E-state index in [1.54, 1.807) is 22.1 Å². The molecule has 25 heavy (non-hydrogen) atoms. The molecule has 0 N–H and O–H groups in total. The van der Waals surface area contributed by atoms with E-state index in [0.717, 1.165) is 0 Å². The van der Waals surface area contributed by atoms with Crippen LogP contribution < -0.4 is 0 Å².